The number of para-hydroxylation sites is 1. The van der Waals surface area contributed by atoms with E-state index in [1.807, 2.05) is 38.1 Å². The van der Waals surface area contributed by atoms with Gasteiger partial charge in [0.05, 0.1) is 35.5 Å². The van der Waals surface area contributed by atoms with Gasteiger partial charge in [-0.25, -0.2) is 0 Å². The number of nitrogens with two attached hydrogens (primary N) is 1. The summed E-state index contributed by atoms with van der Waals surface area (Å²) in [6.07, 6.45) is -4.03. The first-order chi connectivity index (χ1) is 36.2. The third kappa shape index (κ3) is 15.3. The number of amides is 3. The number of aryl methyl sites for hydroxylation is 1. The van der Waals surface area contributed by atoms with Crippen molar-refractivity contribution in [3.63, 3.8) is 0 Å². The number of aromatic nitrogens is 4. The summed E-state index contributed by atoms with van der Waals surface area (Å²) in [5.74, 6) is -0.807. The number of primary amides is 1. The van der Waals surface area contributed by atoms with Crippen LogP contribution >= 0.6 is 11.8 Å². The van der Waals surface area contributed by atoms with Crippen LogP contribution in [0.5, 0.6) is 0 Å². The minimum Gasteiger partial charge on any atom is -0.370 e. The normalized spacial score (nSPS) is 19.8. The number of nitrogens with zero attached hydrogens (tertiary/aromatic N) is 6. The summed E-state index contributed by atoms with van der Waals surface area (Å²) in [6.45, 7) is 9.35. The number of anilines is 3. The van der Waals surface area contributed by atoms with Crippen molar-refractivity contribution < 1.29 is 58.7 Å². The molecule has 3 N–H and O–H groups in total. The number of rotatable bonds is 16. The van der Waals surface area contributed by atoms with Crippen LogP contribution in [0.4, 0.5) is 56.8 Å². The molecule has 2 atom stereocenters. The Morgan fingerprint density at radius 1 is 0.818 bits per heavy atom. The predicted molar refractivity (Wildman–Crippen MR) is 276 cm³/mol. The molecular formula is C55H69F9N8O4S. The van der Waals surface area contributed by atoms with Gasteiger partial charge in [-0.15, -0.1) is 5.10 Å². The van der Waals surface area contributed by atoms with E-state index in [0.29, 0.717) is 50.2 Å². The lowest BCUT2D eigenvalue weighted by molar-refractivity contribution is -0.143. The predicted octanol–water partition coefficient (Wildman–Crippen LogP) is 13.9. The van der Waals surface area contributed by atoms with Crippen molar-refractivity contribution in [1.29, 1.82) is 0 Å². The van der Waals surface area contributed by atoms with Gasteiger partial charge in [-0.1, -0.05) is 84.0 Å². The number of carbonyl (C=O) groups excluding carboxylic acids is 4. The van der Waals surface area contributed by atoms with Gasteiger partial charge in [-0.05, 0) is 146 Å². The summed E-state index contributed by atoms with van der Waals surface area (Å²) in [4.78, 5) is 55.7. The van der Waals surface area contributed by atoms with E-state index in [2.05, 4.69) is 34.6 Å². The number of carbonyl (C=O) groups is 4. The number of halogens is 9. The van der Waals surface area contributed by atoms with Crippen LogP contribution in [0, 0.1) is 29.1 Å². The van der Waals surface area contributed by atoms with Crippen molar-refractivity contribution in [1.82, 2.24) is 20.2 Å². The largest absolute Gasteiger partial charge is 0.416 e. The number of benzene rings is 3. The van der Waals surface area contributed by atoms with Crippen LogP contribution in [-0.2, 0) is 51.3 Å². The van der Waals surface area contributed by atoms with Crippen LogP contribution in [0.25, 0.3) is 0 Å². The molecule has 422 valence electrons. The molecule has 0 saturated heterocycles. The quantitative estimate of drug-likeness (QED) is 0.0823. The highest BCUT2D eigenvalue weighted by Gasteiger charge is 2.45. The maximum atomic E-state index is 14.1. The Kier molecular flexibility index (Phi) is 20.0. The molecule has 22 heteroatoms. The van der Waals surface area contributed by atoms with E-state index in [0.717, 1.165) is 78.5 Å². The number of thioether (sulfide) groups is 1. The molecule has 7 rings (SSSR count). The highest BCUT2D eigenvalue weighted by Crippen LogP contribution is 2.48. The van der Waals surface area contributed by atoms with Gasteiger partial charge in [0.15, 0.2) is 5.12 Å². The summed E-state index contributed by atoms with van der Waals surface area (Å²) >= 11 is 1.24. The monoisotopic (exact) mass is 1110 g/mol. The summed E-state index contributed by atoms with van der Waals surface area (Å²) < 4.78 is 125. The van der Waals surface area contributed by atoms with Gasteiger partial charge < -0.3 is 20.9 Å². The van der Waals surface area contributed by atoms with Crippen LogP contribution in [0.1, 0.15) is 165 Å². The van der Waals surface area contributed by atoms with Crippen LogP contribution in [-0.4, -0.2) is 49.1 Å². The van der Waals surface area contributed by atoms with E-state index < -0.39 is 71.2 Å². The maximum absolute atomic E-state index is 14.1. The standard InChI is InChI=1S/C32H34F9N7O2.C23H35NO2S/c1-3-23-15-26(47(29-43-45-46(2)44-29)16-18-10-21(31(36,37)38)13-22(11-18)32(39,40)41)24-14-20(30(33,34)35)8-9-25(24)48(23)28(50)19-6-4-17(5-7-19)12-27(42)49;1-5-18(6-2)16-23(14-10-7-11-15-23)22(26)24-19-12-8-9-13-20(19)27-21(25)17(3)4/h8-11,13-14,17,19,23,26H,3-7,12,15-16H2,1-2H3,(H2,42,49);8-9,12-13,17-18H,5-7,10-11,14-16H2,1-4H3,(H,24,26). The summed E-state index contributed by atoms with van der Waals surface area (Å²) in [7, 11) is 1.37. The van der Waals surface area contributed by atoms with E-state index >= 15 is 0 Å². The number of fused-ring (bicyclic) bond motifs is 1. The van der Waals surface area contributed by atoms with E-state index in [-0.39, 0.29) is 70.3 Å². The van der Waals surface area contributed by atoms with Gasteiger partial charge in [-0.3, -0.25) is 19.2 Å². The minimum atomic E-state index is -5.14. The van der Waals surface area contributed by atoms with Gasteiger partial charge in [0, 0.05) is 46.8 Å². The zero-order valence-corrected chi connectivity index (χ0v) is 45.1. The molecule has 2 heterocycles. The van der Waals surface area contributed by atoms with Crippen LogP contribution in [0.15, 0.2) is 65.6 Å². The van der Waals surface area contributed by atoms with Gasteiger partial charge >= 0.3 is 18.5 Å². The molecule has 2 unspecified atom stereocenters. The molecule has 77 heavy (non-hydrogen) atoms. The number of alkyl halides is 9. The molecule has 3 amide bonds. The summed E-state index contributed by atoms with van der Waals surface area (Å²) in [6, 6.07) is 9.81. The first kappa shape index (κ1) is 60.6. The molecule has 3 aromatic carbocycles. The highest BCUT2D eigenvalue weighted by molar-refractivity contribution is 8.13. The maximum Gasteiger partial charge on any atom is 0.416 e. The van der Waals surface area contributed by atoms with Crippen LogP contribution in [0.3, 0.4) is 0 Å². The second-order valence-corrected chi connectivity index (χ2v) is 22.1. The molecule has 0 radical (unpaired) electrons. The second kappa shape index (κ2) is 25.4. The van der Waals surface area contributed by atoms with Crippen LogP contribution < -0.4 is 20.9 Å². The third-order valence-corrected chi connectivity index (χ3v) is 16.6. The van der Waals surface area contributed by atoms with Crippen molar-refractivity contribution in [2.24, 2.45) is 41.9 Å². The molecule has 12 nitrogen and oxygen atoms in total. The zero-order valence-electron chi connectivity index (χ0n) is 44.3. The topological polar surface area (TPSA) is 156 Å². The molecule has 1 aliphatic heterocycles. The average Bonchev–Trinajstić information content (AvgIpc) is 3.82. The third-order valence-electron chi connectivity index (χ3n) is 15.3. The smallest absolute Gasteiger partial charge is 0.370 e. The fourth-order valence-electron chi connectivity index (χ4n) is 11.0. The Hall–Kier alpha value is -5.67. The molecule has 0 spiro atoms. The number of tetrazole rings is 1. The summed E-state index contributed by atoms with van der Waals surface area (Å²) in [5, 5.41) is 15.1. The molecule has 2 saturated carbocycles. The van der Waals surface area contributed by atoms with Crippen molar-refractivity contribution in [3.05, 3.63) is 88.5 Å². The Morgan fingerprint density at radius 2 is 1.43 bits per heavy atom. The molecule has 2 fully saturated rings. The number of hydrogen-bond donors (Lipinski definition) is 2. The Bertz CT molecular complexity index is 2640. The van der Waals surface area contributed by atoms with E-state index in [1.54, 1.807) is 6.92 Å². The van der Waals surface area contributed by atoms with Gasteiger partial charge in [0.1, 0.15) is 0 Å². The molecule has 4 aromatic rings. The number of nitrogens with one attached hydrogen (secondary N) is 1. The molecule has 2 aliphatic carbocycles. The van der Waals surface area contributed by atoms with Crippen LogP contribution in [0.2, 0.25) is 0 Å². The van der Waals surface area contributed by atoms with Crippen molar-refractivity contribution in [2.75, 3.05) is 15.1 Å². The lowest BCUT2D eigenvalue weighted by atomic mass is 9.67. The average molecular weight is 1110 g/mol. The molecule has 1 aromatic heterocycles. The Balaban J connectivity index is 0.000000300. The lowest BCUT2D eigenvalue weighted by Crippen LogP contribution is -2.50. The Morgan fingerprint density at radius 3 is 1.96 bits per heavy atom. The summed E-state index contributed by atoms with van der Waals surface area (Å²) in [5.41, 5.74) is 1.30. The zero-order chi connectivity index (χ0) is 56.6. The van der Waals surface area contributed by atoms with Crippen molar-refractivity contribution in [3.8, 4) is 0 Å². The van der Waals surface area contributed by atoms with E-state index in [4.69, 9.17) is 5.73 Å². The fraction of sp³-hybridized carbons (Fsp3) is 0.582. The van der Waals surface area contributed by atoms with Crippen molar-refractivity contribution in [2.45, 2.75) is 173 Å². The SMILES string of the molecule is CCC(CC)CC1(C(=O)Nc2ccccc2SC(=O)C(C)C)CCCCC1.CCC1CC(N(Cc2cc(C(F)(F)F)cc(C(F)(F)F)c2)c2nnn(C)n2)c2cc(C(F)(F)F)ccc2N1C(=O)C1CCC(CC(N)=O)CC1. The van der Waals surface area contributed by atoms with Gasteiger partial charge in [0.2, 0.25) is 17.7 Å². The van der Waals surface area contributed by atoms with E-state index in [1.165, 1.54) is 35.0 Å². The molecule has 0 bridgehead atoms. The molecule has 3 aliphatic rings. The van der Waals surface area contributed by atoms with Gasteiger partial charge in [-0.2, -0.15) is 44.3 Å². The Labute approximate surface area is 447 Å². The fourth-order valence-corrected chi connectivity index (χ4v) is 11.8. The van der Waals surface area contributed by atoms with Gasteiger partial charge in [0.25, 0.3) is 5.95 Å². The highest BCUT2D eigenvalue weighted by atomic mass is 32.2. The van der Waals surface area contributed by atoms with E-state index in [9.17, 15) is 58.7 Å². The first-order valence-corrected chi connectivity index (χ1v) is 27.2. The minimum absolute atomic E-state index is 0.00707. The first-order valence-electron chi connectivity index (χ1n) is 26.4. The number of hydrogen-bond acceptors (Lipinski definition) is 9. The second-order valence-electron chi connectivity index (χ2n) is 21.1. The lowest BCUT2D eigenvalue weighted by Gasteiger charge is -2.46. The molecular weight excluding hydrogens is 1040 g/mol. The van der Waals surface area contributed by atoms with Crippen molar-refractivity contribution >= 4 is 51.9 Å².